The zero-order valence-electron chi connectivity index (χ0n) is 49.5. The van der Waals surface area contributed by atoms with Gasteiger partial charge >= 0.3 is 5.97 Å². The van der Waals surface area contributed by atoms with Crippen LogP contribution in [0.4, 0.5) is 0 Å². The van der Waals surface area contributed by atoms with Gasteiger partial charge in [0.1, 0.15) is 99.9 Å². The number of ketones is 1. The van der Waals surface area contributed by atoms with E-state index in [1.165, 1.54) is 69.7 Å². The minimum Gasteiger partial charge on any atom is -0.508 e. The summed E-state index contributed by atoms with van der Waals surface area (Å²) in [6.07, 6.45) is -3.91. The second kappa shape index (κ2) is 27.3. The zero-order chi connectivity index (χ0) is 66.2. The van der Waals surface area contributed by atoms with E-state index in [-0.39, 0.29) is 67.9 Å². The van der Waals surface area contributed by atoms with Crippen molar-refractivity contribution >= 4 is 115 Å². The van der Waals surface area contributed by atoms with Crippen molar-refractivity contribution < 1.29 is 63.9 Å². The molecule has 2 aliphatic rings. The monoisotopic (exact) mass is 1370 g/mol. The number of hydrogen-bond acceptors (Lipinski definition) is 25. The normalized spacial score (nSPS) is 19.4. The van der Waals surface area contributed by atoms with Crippen LogP contribution in [-0.4, -0.2) is 143 Å². The number of rotatable bonds is 14. The number of carbonyl (C=O) groups is 8. The van der Waals surface area contributed by atoms with Crippen LogP contribution in [0, 0.1) is 12.8 Å². The Morgan fingerprint density at radius 3 is 2.05 bits per heavy atom. The van der Waals surface area contributed by atoms with Crippen LogP contribution in [0.1, 0.15) is 137 Å². The molecule has 0 aliphatic carbocycles. The number of pyridine rings is 1. The van der Waals surface area contributed by atoms with E-state index in [1.54, 1.807) is 79.2 Å². The Morgan fingerprint density at radius 2 is 1.33 bits per heavy atom. The topological polar surface area (TPSA) is 405 Å². The number of carboxylic acids is 1. The number of carboxylic acid groups (broad SMARTS) is 1. The maximum atomic E-state index is 15.2. The van der Waals surface area contributed by atoms with Gasteiger partial charge in [0.25, 0.3) is 23.6 Å². The number of nitrogens with two attached hydrogens (primary N) is 1. The fourth-order valence-corrected chi connectivity index (χ4v) is 15.8. The van der Waals surface area contributed by atoms with Gasteiger partial charge < -0.3 is 57.4 Å². The summed E-state index contributed by atoms with van der Waals surface area (Å²) in [6, 6.07) is 11.8. The van der Waals surface area contributed by atoms with Gasteiger partial charge in [-0.15, -0.1) is 68.0 Å². The average Bonchev–Trinajstić information content (AvgIpc) is 1.68. The standard InChI is InChI=1S/C61H57N13O13S6/c1-26-41(77)20-74-47(26)59-70-39(25-92-59)56-66-35(21-89-56)45-31(14-15-32(63-45)55-68-38(23-90-55)52(84)73-49(61(3,4)87)40(76)16-17-43(79)80)54-67-36(22-88-54)50(82)64-33(19-42(62)78)57-72-44(27(2)93-57)53(85)71-46(48(81)29-8-6-5-7-9-29)58-69-37(24-91-58)51(83)65-34(60(74)86)18-28-10-12-30(75)13-11-28/h5-15,21-26,33-34,41,46-49,75,77,81,87H,16-20H2,1-4H3,(H2,62,78)(H,64,82)(H,65,83)(H,71,85)(H,73,84)(H,79,80)/t26-,33-,34-,41-,46-,47-,48+,49+/m0/s1. The number of nitrogens with one attached hydrogen (secondary N) is 4. The molecule has 0 unspecified atom stereocenters. The predicted octanol–water partition coefficient (Wildman–Crippen LogP) is 6.59. The van der Waals surface area contributed by atoms with Gasteiger partial charge in [-0.2, -0.15) is 0 Å². The number of hydrogen-bond donors (Lipinski definition) is 10. The Hall–Kier alpha value is -8.99. The molecule has 2 aliphatic heterocycles. The van der Waals surface area contributed by atoms with Crippen molar-refractivity contribution in [2.45, 2.75) is 101 Å². The number of fused-ring (bicyclic) bond motifs is 16. The molecule has 0 radical (unpaired) electrons. The quantitative estimate of drug-likeness (QED) is 0.0548. The highest BCUT2D eigenvalue weighted by atomic mass is 32.1. The molecular formula is C61H57N13O13S6. The molecule has 10 bridgehead atoms. The van der Waals surface area contributed by atoms with E-state index in [9.17, 15) is 59.1 Å². The zero-order valence-corrected chi connectivity index (χ0v) is 54.4. The molecule has 11 rings (SSSR count). The minimum atomic E-state index is -1.77. The van der Waals surface area contributed by atoms with Crippen molar-refractivity contribution in [3.63, 3.8) is 0 Å². The number of aromatic hydroxyl groups is 1. The van der Waals surface area contributed by atoms with E-state index in [1.807, 2.05) is 0 Å². The Morgan fingerprint density at radius 1 is 0.699 bits per heavy atom. The molecule has 0 saturated carbocycles. The van der Waals surface area contributed by atoms with Crippen LogP contribution < -0.4 is 27.0 Å². The number of amides is 6. The summed E-state index contributed by atoms with van der Waals surface area (Å²) in [5, 5.41) is 74.3. The smallest absolute Gasteiger partial charge is 0.303 e. The summed E-state index contributed by atoms with van der Waals surface area (Å²) in [5.41, 5.74) is 6.10. The van der Waals surface area contributed by atoms with Crippen molar-refractivity contribution in [3.8, 4) is 49.1 Å². The molecule has 6 amide bonds. The lowest BCUT2D eigenvalue weighted by Gasteiger charge is -2.29. The number of thiazole rings is 6. The summed E-state index contributed by atoms with van der Waals surface area (Å²) in [6.45, 7) is 5.89. The Kier molecular flexibility index (Phi) is 19.2. The van der Waals surface area contributed by atoms with Crippen molar-refractivity contribution in [1.29, 1.82) is 0 Å². The lowest BCUT2D eigenvalue weighted by Crippen LogP contribution is -2.54. The molecule has 26 nitrogen and oxygen atoms in total. The SMILES string of the molecule is Cc1sc2nc1C(=O)N[C@@H]([C@H](O)c1ccccc1)c1nc(cs1)C(=O)N[C@@H](Cc1ccc(O)cc1)C(=O)N1C[C@H](O)[C@H](C)[C@H]1c1nc(cs1)-c1nc(cs1)-c1nc(-c3nc(C(=O)N[C@H](C(=O)CCC(=O)O)C(C)(C)O)cs3)ccc1-c1nc(cs1)C(=O)N[C@H]2CC(N)=O. The Labute approximate surface area is 552 Å². The molecular weight excluding hydrogens is 1320 g/mol. The summed E-state index contributed by atoms with van der Waals surface area (Å²) >= 11 is 6.56. The fraction of sp³-hybridized carbons (Fsp3) is 0.295. The molecule has 11 N–H and O–H groups in total. The second-order valence-corrected chi connectivity index (χ2v) is 28.1. The first-order valence-corrected chi connectivity index (χ1v) is 33.8. The molecule has 7 aromatic heterocycles. The van der Waals surface area contributed by atoms with E-state index < -0.39 is 120 Å². The number of carbonyl (C=O) groups excluding carboxylic acids is 7. The van der Waals surface area contributed by atoms with Gasteiger partial charge in [-0.05, 0) is 56.2 Å². The molecule has 9 aromatic rings. The van der Waals surface area contributed by atoms with E-state index in [0.29, 0.717) is 48.0 Å². The first kappa shape index (κ1) is 65.5. The molecule has 32 heteroatoms. The Bertz CT molecular complexity index is 4350. The van der Waals surface area contributed by atoms with Crippen molar-refractivity contribution in [1.82, 2.24) is 61.1 Å². The number of phenols is 1. The summed E-state index contributed by atoms with van der Waals surface area (Å²) in [5.74, 6) is -6.99. The van der Waals surface area contributed by atoms with Crippen LogP contribution in [0.2, 0.25) is 0 Å². The molecule has 9 heterocycles. The highest BCUT2D eigenvalue weighted by molar-refractivity contribution is 7.15. The van der Waals surface area contributed by atoms with E-state index in [4.69, 9.17) is 25.7 Å². The summed E-state index contributed by atoms with van der Waals surface area (Å²) in [4.78, 5) is 145. The van der Waals surface area contributed by atoms with E-state index in [2.05, 4.69) is 36.2 Å². The van der Waals surface area contributed by atoms with Crippen LogP contribution in [0.5, 0.6) is 5.75 Å². The van der Waals surface area contributed by atoms with Gasteiger partial charge in [-0.25, -0.2) is 34.9 Å². The van der Waals surface area contributed by atoms with Crippen LogP contribution in [0.3, 0.4) is 0 Å². The third-order valence-corrected chi connectivity index (χ3v) is 20.9. The summed E-state index contributed by atoms with van der Waals surface area (Å²) < 4.78 is 0. The van der Waals surface area contributed by atoms with Gasteiger partial charge in [-0.3, -0.25) is 38.4 Å². The average molecular weight is 1370 g/mol. The number of primary amides is 1. The van der Waals surface area contributed by atoms with E-state index in [0.717, 1.165) is 45.3 Å². The van der Waals surface area contributed by atoms with Gasteiger partial charge in [-0.1, -0.05) is 49.4 Å². The van der Waals surface area contributed by atoms with Gasteiger partial charge in [0.15, 0.2) is 5.78 Å². The van der Waals surface area contributed by atoms with Crippen molar-refractivity contribution in [3.05, 3.63) is 147 Å². The van der Waals surface area contributed by atoms with Gasteiger partial charge in [0, 0.05) is 62.6 Å². The number of aryl methyl sites for hydroxylation is 1. The number of phenolic OH excluding ortho intramolecular Hbond substituents is 1. The maximum absolute atomic E-state index is 15.2. The van der Waals surface area contributed by atoms with Gasteiger partial charge in [0.2, 0.25) is 11.8 Å². The fourth-order valence-electron chi connectivity index (χ4n) is 10.5. The second-order valence-electron chi connectivity index (χ2n) is 22.5. The van der Waals surface area contributed by atoms with Crippen LogP contribution in [0.25, 0.3) is 43.4 Å². The lowest BCUT2D eigenvalue weighted by molar-refractivity contribution is -0.139. The van der Waals surface area contributed by atoms with Crippen LogP contribution >= 0.6 is 68.0 Å². The lowest BCUT2D eigenvalue weighted by atomic mass is 9.92. The number of aliphatic hydroxyl groups excluding tert-OH is 2. The molecule has 480 valence electrons. The molecule has 1 saturated heterocycles. The van der Waals surface area contributed by atoms with E-state index >= 15 is 4.79 Å². The number of aliphatic carboxylic acids is 1. The van der Waals surface area contributed by atoms with Crippen LogP contribution in [0.15, 0.2) is 93.6 Å². The molecule has 2 aromatic carbocycles. The first-order valence-electron chi connectivity index (χ1n) is 28.6. The number of Topliss-reactive ketones (excluding diaryl/α,β-unsaturated/α-hetero) is 1. The predicted molar refractivity (Wildman–Crippen MR) is 345 cm³/mol. The van der Waals surface area contributed by atoms with Crippen molar-refractivity contribution in [2.75, 3.05) is 6.54 Å². The van der Waals surface area contributed by atoms with Crippen LogP contribution in [-0.2, 0) is 25.6 Å². The largest absolute Gasteiger partial charge is 0.508 e. The number of benzene rings is 2. The minimum absolute atomic E-state index is 0.0237. The molecule has 8 atom stereocenters. The summed E-state index contributed by atoms with van der Waals surface area (Å²) in [7, 11) is 0. The third kappa shape index (κ3) is 14.5. The molecule has 0 spiro atoms. The molecule has 93 heavy (non-hydrogen) atoms. The Balaban J connectivity index is 0.994. The van der Waals surface area contributed by atoms with Crippen molar-refractivity contribution in [2.24, 2.45) is 11.7 Å². The highest BCUT2D eigenvalue weighted by Gasteiger charge is 2.46. The maximum Gasteiger partial charge on any atom is 0.303 e. The number of aromatic nitrogens is 7. The third-order valence-electron chi connectivity index (χ3n) is 15.3. The molecule has 1 fully saturated rings. The highest BCUT2D eigenvalue weighted by Crippen LogP contribution is 2.43. The van der Waals surface area contributed by atoms with Gasteiger partial charge in [0.05, 0.1) is 42.3 Å². The number of nitrogens with zero attached hydrogens (tertiary/aromatic N) is 8. The number of aliphatic hydroxyl groups is 3. The first-order chi connectivity index (χ1) is 44.4.